The fraction of sp³-hybridized carbons (Fsp3) is 0.636. The van der Waals surface area contributed by atoms with Gasteiger partial charge in [0.05, 0.1) is 12.6 Å². The second kappa shape index (κ2) is 4.93. The summed E-state index contributed by atoms with van der Waals surface area (Å²) in [6, 6.07) is -0.00481. The van der Waals surface area contributed by atoms with Crippen molar-refractivity contribution in [3.8, 4) is 0 Å². The predicted molar refractivity (Wildman–Crippen MR) is 64.3 cm³/mol. The van der Waals surface area contributed by atoms with Gasteiger partial charge in [-0.25, -0.2) is 4.98 Å². The van der Waals surface area contributed by atoms with Crippen LogP contribution in [0.3, 0.4) is 0 Å². The molecule has 1 aliphatic rings. The minimum Gasteiger partial charge on any atom is -0.335 e. The average Bonchev–Trinajstić information content (AvgIpc) is 2.67. The van der Waals surface area contributed by atoms with Gasteiger partial charge in [-0.2, -0.15) is 0 Å². The summed E-state index contributed by atoms with van der Waals surface area (Å²) in [6.45, 7) is 3.56. The molecule has 16 heavy (non-hydrogen) atoms. The summed E-state index contributed by atoms with van der Waals surface area (Å²) in [6.07, 6.45) is 3.88. The Morgan fingerprint density at radius 3 is 3.12 bits per heavy atom. The smallest absolute Gasteiger partial charge is 0.240 e. The van der Waals surface area contributed by atoms with Gasteiger partial charge in [0.25, 0.3) is 0 Å². The molecular formula is C11H17N3OS. The number of likely N-dealkylation sites (N-methyl/N-ethyl adjacent to an activating group) is 1. The molecule has 1 aromatic heterocycles. The molecule has 1 saturated heterocycles. The second-order valence-electron chi connectivity index (χ2n) is 4.11. The molecule has 1 atom stereocenters. The maximum absolute atomic E-state index is 12.0. The lowest BCUT2D eigenvalue weighted by Crippen LogP contribution is -2.49. The van der Waals surface area contributed by atoms with Crippen LogP contribution in [0.25, 0.3) is 0 Å². The van der Waals surface area contributed by atoms with E-state index in [1.165, 1.54) is 4.88 Å². The first-order chi connectivity index (χ1) is 7.70. The van der Waals surface area contributed by atoms with Crippen molar-refractivity contribution in [3.05, 3.63) is 16.1 Å². The van der Waals surface area contributed by atoms with E-state index in [1.807, 2.05) is 25.1 Å². The van der Waals surface area contributed by atoms with Crippen LogP contribution in [0.15, 0.2) is 6.20 Å². The molecule has 5 heteroatoms. The Bertz CT molecular complexity index is 377. The van der Waals surface area contributed by atoms with E-state index in [0.717, 1.165) is 24.4 Å². The van der Waals surface area contributed by atoms with Crippen molar-refractivity contribution in [1.29, 1.82) is 0 Å². The summed E-state index contributed by atoms with van der Waals surface area (Å²) in [7, 11) is 1.85. The Labute approximate surface area is 99.7 Å². The number of carbonyl (C=O) groups is 1. The van der Waals surface area contributed by atoms with Crippen LogP contribution in [0.1, 0.15) is 22.7 Å². The standard InChI is InChI=1S/C11H17N3OS/c1-8-6-13-10(16-8)7-14-5-3-4-9(12-2)11(14)15/h6,9,12H,3-5,7H2,1-2H3. The number of nitrogens with zero attached hydrogens (tertiary/aromatic N) is 2. The molecule has 4 nitrogen and oxygen atoms in total. The lowest BCUT2D eigenvalue weighted by atomic mass is 10.1. The number of thiazole rings is 1. The third kappa shape index (κ3) is 2.41. The van der Waals surface area contributed by atoms with Gasteiger partial charge in [-0.3, -0.25) is 4.79 Å². The van der Waals surface area contributed by atoms with Crippen LogP contribution >= 0.6 is 11.3 Å². The van der Waals surface area contributed by atoms with Crippen molar-refractivity contribution in [1.82, 2.24) is 15.2 Å². The quantitative estimate of drug-likeness (QED) is 0.861. The van der Waals surface area contributed by atoms with Gasteiger partial charge in [-0.1, -0.05) is 0 Å². The highest BCUT2D eigenvalue weighted by molar-refractivity contribution is 7.11. The Morgan fingerprint density at radius 2 is 2.50 bits per heavy atom. The zero-order chi connectivity index (χ0) is 11.5. The van der Waals surface area contributed by atoms with Gasteiger partial charge in [0, 0.05) is 17.6 Å². The van der Waals surface area contributed by atoms with Crippen molar-refractivity contribution in [2.24, 2.45) is 0 Å². The number of aromatic nitrogens is 1. The molecule has 1 unspecified atom stereocenters. The van der Waals surface area contributed by atoms with Gasteiger partial charge in [-0.05, 0) is 26.8 Å². The number of hydrogen-bond acceptors (Lipinski definition) is 4. The van der Waals surface area contributed by atoms with E-state index in [0.29, 0.717) is 6.54 Å². The molecular weight excluding hydrogens is 222 g/mol. The molecule has 1 N–H and O–H groups in total. The van der Waals surface area contributed by atoms with Crippen LogP contribution in [0.5, 0.6) is 0 Å². The average molecular weight is 239 g/mol. The summed E-state index contributed by atoms with van der Waals surface area (Å²) >= 11 is 1.67. The number of amides is 1. The van der Waals surface area contributed by atoms with Gasteiger partial charge in [0.15, 0.2) is 0 Å². The van der Waals surface area contributed by atoms with Crippen molar-refractivity contribution < 1.29 is 4.79 Å². The Kier molecular flexibility index (Phi) is 3.56. The lowest BCUT2D eigenvalue weighted by molar-refractivity contribution is -0.136. The van der Waals surface area contributed by atoms with Crippen LogP contribution in [0, 0.1) is 6.92 Å². The van der Waals surface area contributed by atoms with E-state index >= 15 is 0 Å². The number of rotatable bonds is 3. The summed E-state index contributed by atoms with van der Waals surface area (Å²) in [4.78, 5) is 19.4. The van der Waals surface area contributed by atoms with Gasteiger partial charge in [-0.15, -0.1) is 11.3 Å². The SMILES string of the molecule is CNC1CCCN(Cc2ncc(C)s2)C1=O. The zero-order valence-electron chi connectivity index (χ0n) is 9.69. The van der Waals surface area contributed by atoms with Gasteiger partial charge in [0.2, 0.25) is 5.91 Å². The normalized spacial score (nSPS) is 21.5. The topological polar surface area (TPSA) is 45.2 Å². The van der Waals surface area contributed by atoms with Crippen LogP contribution in [-0.4, -0.2) is 35.4 Å². The number of carbonyl (C=O) groups excluding carboxylic acids is 1. The number of aryl methyl sites for hydroxylation is 1. The maximum Gasteiger partial charge on any atom is 0.240 e. The Hall–Kier alpha value is -0.940. The second-order valence-corrected chi connectivity index (χ2v) is 5.43. The molecule has 2 heterocycles. The third-order valence-corrected chi connectivity index (χ3v) is 3.77. The highest BCUT2D eigenvalue weighted by Crippen LogP contribution is 2.18. The first-order valence-electron chi connectivity index (χ1n) is 5.58. The van der Waals surface area contributed by atoms with E-state index in [1.54, 1.807) is 11.3 Å². The highest BCUT2D eigenvalue weighted by Gasteiger charge is 2.27. The summed E-state index contributed by atoms with van der Waals surface area (Å²) in [5.74, 6) is 0.210. The van der Waals surface area contributed by atoms with E-state index in [-0.39, 0.29) is 11.9 Å². The third-order valence-electron chi connectivity index (χ3n) is 2.87. The summed E-state index contributed by atoms with van der Waals surface area (Å²) in [5, 5.41) is 4.10. The predicted octanol–water partition coefficient (Wildman–Crippen LogP) is 1.16. The minimum absolute atomic E-state index is 0.00481. The summed E-state index contributed by atoms with van der Waals surface area (Å²) < 4.78 is 0. The van der Waals surface area contributed by atoms with Gasteiger partial charge in [0.1, 0.15) is 5.01 Å². The van der Waals surface area contributed by atoms with E-state index in [4.69, 9.17) is 0 Å². The number of nitrogens with one attached hydrogen (secondary N) is 1. The molecule has 0 saturated carbocycles. The number of piperidine rings is 1. The first-order valence-corrected chi connectivity index (χ1v) is 6.39. The van der Waals surface area contributed by atoms with Crippen LogP contribution < -0.4 is 5.32 Å². The highest BCUT2D eigenvalue weighted by atomic mass is 32.1. The molecule has 2 rings (SSSR count). The van der Waals surface area contributed by atoms with Crippen molar-refractivity contribution in [3.63, 3.8) is 0 Å². The van der Waals surface area contributed by atoms with Crippen molar-refractivity contribution in [2.45, 2.75) is 32.4 Å². The van der Waals surface area contributed by atoms with Crippen LogP contribution in [-0.2, 0) is 11.3 Å². The van der Waals surface area contributed by atoms with E-state index < -0.39 is 0 Å². The molecule has 1 aliphatic heterocycles. The Balaban J connectivity index is 2.01. The number of likely N-dealkylation sites (tertiary alicyclic amines) is 1. The Morgan fingerprint density at radius 1 is 1.69 bits per heavy atom. The minimum atomic E-state index is -0.00481. The van der Waals surface area contributed by atoms with Gasteiger partial charge >= 0.3 is 0 Å². The fourth-order valence-corrected chi connectivity index (χ4v) is 2.81. The van der Waals surface area contributed by atoms with Gasteiger partial charge < -0.3 is 10.2 Å². The van der Waals surface area contributed by atoms with Crippen LogP contribution in [0.4, 0.5) is 0 Å². The van der Waals surface area contributed by atoms with Crippen molar-refractivity contribution >= 4 is 17.2 Å². The molecule has 1 aromatic rings. The number of hydrogen-bond donors (Lipinski definition) is 1. The van der Waals surface area contributed by atoms with E-state index in [2.05, 4.69) is 10.3 Å². The zero-order valence-corrected chi connectivity index (χ0v) is 10.5. The fourth-order valence-electron chi connectivity index (χ4n) is 2.00. The molecule has 0 radical (unpaired) electrons. The molecule has 1 fully saturated rings. The van der Waals surface area contributed by atoms with Crippen LogP contribution in [0.2, 0.25) is 0 Å². The molecule has 0 spiro atoms. The monoisotopic (exact) mass is 239 g/mol. The maximum atomic E-state index is 12.0. The molecule has 0 aliphatic carbocycles. The van der Waals surface area contributed by atoms with E-state index in [9.17, 15) is 4.79 Å². The first kappa shape index (κ1) is 11.5. The lowest BCUT2D eigenvalue weighted by Gasteiger charge is -2.31. The molecule has 1 amide bonds. The molecule has 0 bridgehead atoms. The molecule has 0 aromatic carbocycles. The van der Waals surface area contributed by atoms with Crippen molar-refractivity contribution in [2.75, 3.05) is 13.6 Å². The summed E-state index contributed by atoms with van der Waals surface area (Å²) in [5.41, 5.74) is 0. The molecule has 88 valence electrons. The largest absolute Gasteiger partial charge is 0.335 e.